The monoisotopic (exact) mass is 298 g/mol. The highest BCUT2D eigenvalue weighted by Gasteiger charge is 2.34. The number of ketones is 3. The Hall–Kier alpha value is -3.02. The summed E-state index contributed by atoms with van der Waals surface area (Å²) in [5.74, 6) is -2.58. The summed E-state index contributed by atoms with van der Waals surface area (Å²) in [5, 5.41) is 0. The van der Waals surface area contributed by atoms with Gasteiger partial charge in [-0.25, -0.2) is 0 Å². The highest BCUT2D eigenvalue weighted by atomic mass is 16.5. The average Bonchev–Trinajstić information content (AvgIpc) is 2.98. The van der Waals surface area contributed by atoms with Crippen molar-refractivity contribution in [1.82, 2.24) is 0 Å². The van der Waals surface area contributed by atoms with E-state index < -0.39 is 24.0 Å². The minimum atomic E-state index is -0.722. The molecule has 1 aliphatic carbocycles. The van der Waals surface area contributed by atoms with E-state index in [1.165, 1.54) is 12.1 Å². The predicted molar refractivity (Wildman–Crippen MR) is 73.0 cm³/mol. The summed E-state index contributed by atoms with van der Waals surface area (Å²) in [4.78, 5) is 47.7. The maximum atomic E-state index is 12.4. The molecular weight excluding hydrogens is 288 g/mol. The van der Waals surface area contributed by atoms with Crippen molar-refractivity contribution >= 4 is 23.3 Å². The van der Waals surface area contributed by atoms with Crippen LogP contribution in [-0.2, 0) is 9.53 Å². The molecule has 6 nitrogen and oxygen atoms in total. The average molecular weight is 298 g/mol. The molecule has 0 radical (unpaired) electrons. The third-order valence-electron chi connectivity index (χ3n) is 3.41. The van der Waals surface area contributed by atoms with Crippen LogP contribution in [0.25, 0.3) is 0 Å². The van der Waals surface area contributed by atoms with Crippen LogP contribution in [0.1, 0.15) is 49.0 Å². The molecule has 0 fully saturated rings. The van der Waals surface area contributed by atoms with Gasteiger partial charge in [-0.05, 0) is 6.07 Å². The second-order valence-electron chi connectivity index (χ2n) is 4.73. The van der Waals surface area contributed by atoms with Crippen LogP contribution in [-0.4, -0.2) is 30.4 Å². The van der Waals surface area contributed by atoms with Gasteiger partial charge in [0, 0.05) is 11.1 Å². The van der Waals surface area contributed by atoms with Gasteiger partial charge in [-0.3, -0.25) is 19.2 Å². The Morgan fingerprint density at radius 2 is 1.68 bits per heavy atom. The lowest BCUT2D eigenvalue weighted by Crippen LogP contribution is -2.18. The van der Waals surface area contributed by atoms with Crippen LogP contribution in [0.3, 0.4) is 0 Å². The fourth-order valence-corrected chi connectivity index (χ4v) is 2.30. The Balaban J connectivity index is 2.02. The van der Waals surface area contributed by atoms with Gasteiger partial charge in [0.15, 0.2) is 17.3 Å². The molecule has 0 bridgehead atoms. The van der Waals surface area contributed by atoms with Crippen LogP contribution in [0, 0.1) is 0 Å². The van der Waals surface area contributed by atoms with Gasteiger partial charge in [-0.15, -0.1) is 0 Å². The molecule has 2 aromatic rings. The van der Waals surface area contributed by atoms with E-state index in [-0.39, 0.29) is 34.0 Å². The summed E-state index contributed by atoms with van der Waals surface area (Å²) in [6.45, 7) is 0. The van der Waals surface area contributed by atoms with Crippen LogP contribution in [0.2, 0.25) is 0 Å². The first-order valence-corrected chi connectivity index (χ1v) is 6.45. The van der Waals surface area contributed by atoms with E-state index in [0.29, 0.717) is 0 Å². The van der Waals surface area contributed by atoms with E-state index in [9.17, 15) is 19.2 Å². The van der Waals surface area contributed by atoms with Crippen molar-refractivity contribution in [3.8, 4) is 0 Å². The second-order valence-corrected chi connectivity index (χ2v) is 4.73. The van der Waals surface area contributed by atoms with Gasteiger partial charge in [0.25, 0.3) is 0 Å². The van der Waals surface area contributed by atoms with Gasteiger partial charge in [0.2, 0.25) is 11.6 Å². The topological polar surface area (TPSA) is 90.7 Å². The lowest BCUT2D eigenvalue weighted by molar-refractivity contribution is -0.139. The number of benzene rings is 1. The fraction of sp³-hybridized carbons (Fsp3) is 0.125. The molecule has 1 aliphatic rings. The summed E-state index contributed by atoms with van der Waals surface area (Å²) in [6, 6.07) is 7.56. The van der Waals surface area contributed by atoms with E-state index in [0.717, 1.165) is 7.11 Å². The van der Waals surface area contributed by atoms with Gasteiger partial charge in [0.05, 0.1) is 12.7 Å². The maximum absolute atomic E-state index is 12.4. The molecular formula is C16H10O6. The number of carbonyl (C=O) groups is 4. The van der Waals surface area contributed by atoms with Crippen molar-refractivity contribution in [3.63, 3.8) is 0 Å². The normalized spacial score (nSPS) is 12.6. The maximum Gasteiger partial charge on any atom is 0.313 e. The SMILES string of the molecule is COC(=O)CC(=O)c1cc2c(o1)C(=O)c1ccccc1C2=O. The van der Waals surface area contributed by atoms with Crippen molar-refractivity contribution in [2.24, 2.45) is 0 Å². The molecule has 1 aromatic heterocycles. The van der Waals surface area contributed by atoms with Gasteiger partial charge in [0.1, 0.15) is 6.42 Å². The Morgan fingerprint density at radius 1 is 1.05 bits per heavy atom. The zero-order valence-corrected chi connectivity index (χ0v) is 11.5. The zero-order chi connectivity index (χ0) is 15.9. The molecule has 0 N–H and O–H groups in total. The van der Waals surface area contributed by atoms with Crippen LogP contribution < -0.4 is 0 Å². The number of esters is 1. The van der Waals surface area contributed by atoms with Crippen molar-refractivity contribution < 1.29 is 28.3 Å². The van der Waals surface area contributed by atoms with Crippen LogP contribution in [0.15, 0.2) is 34.7 Å². The van der Waals surface area contributed by atoms with Gasteiger partial charge >= 0.3 is 5.97 Å². The van der Waals surface area contributed by atoms with Crippen LogP contribution >= 0.6 is 0 Å². The minimum Gasteiger partial charge on any atom is -0.469 e. The first-order chi connectivity index (χ1) is 10.5. The number of furan rings is 1. The smallest absolute Gasteiger partial charge is 0.313 e. The molecule has 0 amide bonds. The number of ether oxygens (including phenoxy) is 1. The molecule has 0 saturated heterocycles. The summed E-state index contributed by atoms with van der Waals surface area (Å²) >= 11 is 0. The largest absolute Gasteiger partial charge is 0.469 e. The van der Waals surface area contributed by atoms with Gasteiger partial charge < -0.3 is 9.15 Å². The number of fused-ring (bicyclic) bond motifs is 2. The number of rotatable bonds is 3. The van der Waals surface area contributed by atoms with Crippen molar-refractivity contribution in [2.45, 2.75) is 6.42 Å². The Kier molecular flexibility index (Phi) is 3.21. The lowest BCUT2D eigenvalue weighted by atomic mass is 9.88. The summed E-state index contributed by atoms with van der Waals surface area (Å²) in [6.07, 6.45) is -0.516. The number of carbonyl (C=O) groups excluding carboxylic acids is 4. The van der Waals surface area contributed by atoms with E-state index in [4.69, 9.17) is 4.42 Å². The van der Waals surface area contributed by atoms with E-state index in [1.54, 1.807) is 18.2 Å². The third-order valence-corrected chi connectivity index (χ3v) is 3.41. The lowest BCUT2D eigenvalue weighted by Gasteiger charge is -2.11. The van der Waals surface area contributed by atoms with E-state index in [2.05, 4.69) is 4.74 Å². The first-order valence-electron chi connectivity index (χ1n) is 6.45. The predicted octanol–water partition coefficient (Wildman–Crippen LogP) is 1.80. The zero-order valence-electron chi connectivity index (χ0n) is 11.5. The summed E-state index contributed by atoms with van der Waals surface area (Å²) in [5.41, 5.74) is 0.547. The molecule has 6 heteroatoms. The van der Waals surface area contributed by atoms with Crippen LogP contribution in [0.5, 0.6) is 0 Å². The highest BCUT2D eigenvalue weighted by Crippen LogP contribution is 2.29. The Morgan fingerprint density at radius 3 is 2.32 bits per heavy atom. The van der Waals surface area contributed by atoms with Crippen LogP contribution in [0.4, 0.5) is 0 Å². The number of methoxy groups -OCH3 is 1. The molecule has 110 valence electrons. The van der Waals surface area contributed by atoms with Crippen molar-refractivity contribution in [2.75, 3.05) is 7.11 Å². The highest BCUT2D eigenvalue weighted by molar-refractivity contribution is 6.28. The van der Waals surface area contributed by atoms with Gasteiger partial charge in [-0.1, -0.05) is 24.3 Å². The number of hydrogen-bond donors (Lipinski definition) is 0. The quantitative estimate of drug-likeness (QED) is 0.416. The molecule has 1 aromatic carbocycles. The Bertz CT molecular complexity index is 774. The second kappa shape index (κ2) is 5.07. The first kappa shape index (κ1) is 13.9. The Labute approximate surface area is 124 Å². The number of hydrogen-bond acceptors (Lipinski definition) is 6. The molecule has 0 atom stereocenters. The number of Topliss-reactive ketones (excluding diaryl/α,β-unsaturated/α-hetero) is 1. The summed E-state index contributed by atoms with van der Waals surface area (Å²) in [7, 11) is 1.16. The molecule has 0 unspecified atom stereocenters. The van der Waals surface area contributed by atoms with Gasteiger partial charge in [-0.2, -0.15) is 0 Å². The molecule has 1 heterocycles. The minimum absolute atomic E-state index is 0.0388. The molecule has 22 heavy (non-hydrogen) atoms. The third kappa shape index (κ3) is 2.05. The fourth-order valence-electron chi connectivity index (χ4n) is 2.30. The molecule has 0 saturated carbocycles. The van der Waals surface area contributed by atoms with E-state index >= 15 is 0 Å². The standard InChI is InChI=1S/C16H10O6/c1-21-13(18)7-11(17)12-6-10-14(19)8-4-2-3-5-9(8)15(20)16(10)22-12/h2-6H,7H2,1H3. The molecule has 0 aliphatic heterocycles. The van der Waals surface area contributed by atoms with Crippen molar-refractivity contribution in [3.05, 3.63) is 58.5 Å². The molecule has 3 rings (SSSR count). The van der Waals surface area contributed by atoms with E-state index in [1.807, 2.05) is 0 Å². The van der Waals surface area contributed by atoms with Crippen molar-refractivity contribution in [1.29, 1.82) is 0 Å². The summed E-state index contributed by atoms with van der Waals surface area (Å²) < 4.78 is 9.63. The molecule has 0 spiro atoms.